The third kappa shape index (κ3) is 2.15. The fourth-order valence-electron chi connectivity index (χ4n) is 4.40. The molecule has 114 valence electrons. The second-order valence-electron chi connectivity index (χ2n) is 7.28. The molecule has 3 aliphatic rings. The van der Waals surface area contributed by atoms with Crippen LogP contribution in [0.1, 0.15) is 58.8 Å². The van der Waals surface area contributed by atoms with Crippen LogP contribution in [-0.4, -0.2) is 29.7 Å². The van der Waals surface area contributed by atoms with Gasteiger partial charge in [0.15, 0.2) is 5.79 Å². The molecule has 1 saturated carbocycles. The van der Waals surface area contributed by atoms with Gasteiger partial charge in [-0.2, -0.15) is 0 Å². The van der Waals surface area contributed by atoms with Crippen LogP contribution < -0.4 is 0 Å². The van der Waals surface area contributed by atoms with Crippen molar-refractivity contribution in [3.8, 4) is 0 Å². The van der Waals surface area contributed by atoms with Crippen LogP contribution in [-0.2, 0) is 9.47 Å². The van der Waals surface area contributed by atoms with Gasteiger partial charge in [0.25, 0.3) is 0 Å². The fourth-order valence-corrected chi connectivity index (χ4v) is 4.40. The van der Waals surface area contributed by atoms with E-state index in [-0.39, 0.29) is 5.41 Å². The van der Waals surface area contributed by atoms with Crippen molar-refractivity contribution in [1.29, 1.82) is 0 Å². The molecule has 3 heteroatoms. The average molecular weight is 280 g/mol. The third-order valence-electron chi connectivity index (χ3n) is 5.92. The van der Waals surface area contributed by atoms with Gasteiger partial charge >= 0.3 is 0 Å². The number of allylic oxidation sites excluding steroid dienone is 2. The first-order valence-electron chi connectivity index (χ1n) is 8.16. The molecule has 2 atom stereocenters. The van der Waals surface area contributed by atoms with Gasteiger partial charge in [0, 0.05) is 11.8 Å². The molecule has 1 saturated heterocycles. The van der Waals surface area contributed by atoms with Gasteiger partial charge < -0.3 is 14.6 Å². The molecular weight excluding hydrogens is 252 g/mol. The lowest BCUT2D eigenvalue weighted by molar-refractivity contribution is -0.304. The van der Waals surface area contributed by atoms with Crippen molar-refractivity contribution in [3.63, 3.8) is 0 Å². The summed E-state index contributed by atoms with van der Waals surface area (Å²) in [5.41, 5.74) is -1.05. The average Bonchev–Trinajstić information content (AvgIpc) is 2.88. The monoisotopic (exact) mass is 280 g/mol. The quantitative estimate of drug-likeness (QED) is 0.788. The summed E-state index contributed by atoms with van der Waals surface area (Å²) in [5.74, 6) is -0.0668. The summed E-state index contributed by atoms with van der Waals surface area (Å²) in [7, 11) is 0. The smallest absolute Gasteiger partial charge is 0.176 e. The largest absolute Gasteiger partial charge is 0.389 e. The summed E-state index contributed by atoms with van der Waals surface area (Å²) in [6.07, 6.45) is 11.8. The first kappa shape index (κ1) is 14.6. The summed E-state index contributed by atoms with van der Waals surface area (Å²) in [5, 5.41) is 11.4. The number of aliphatic hydroxyl groups is 1. The molecule has 1 spiro atoms. The molecule has 0 aromatic rings. The van der Waals surface area contributed by atoms with Gasteiger partial charge in [0.2, 0.25) is 0 Å². The predicted molar refractivity (Wildman–Crippen MR) is 78.3 cm³/mol. The van der Waals surface area contributed by atoms with Crippen molar-refractivity contribution in [2.45, 2.75) is 70.2 Å². The highest BCUT2D eigenvalue weighted by Gasteiger charge is 2.62. The van der Waals surface area contributed by atoms with Crippen molar-refractivity contribution in [1.82, 2.24) is 0 Å². The van der Waals surface area contributed by atoms with E-state index in [1.807, 2.05) is 0 Å². The number of rotatable bonds is 2. The fraction of sp³-hybridized carbons (Fsp3) is 0.882. The van der Waals surface area contributed by atoms with Gasteiger partial charge in [-0.3, -0.25) is 0 Å². The minimum absolute atomic E-state index is 0.361. The van der Waals surface area contributed by atoms with E-state index in [9.17, 15) is 5.11 Å². The maximum absolute atomic E-state index is 11.4. The van der Waals surface area contributed by atoms with Crippen molar-refractivity contribution < 1.29 is 14.6 Å². The molecule has 1 heterocycles. The number of hydrogen-bond donors (Lipinski definition) is 1. The molecule has 1 N–H and O–H groups in total. The van der Waals surface area contributed by atoms with Crippen LogP contribution >= 0.6 is 0 Å². The van der Waals surface area contributed by atoms with E-state index in [2.05, 4.69) is 26.0 Å². The topological polar surface area (TPSA) is 38.7 Å². The Morgan fingerprint density at radius 1 is 1.15 bits per heavy atom. The van der Waals surface area contributed by atoms with Crippen LogP contribution in [0.25, 0.3) is 0 Å². The summed E-state index contributed by atoms with van der Waals surface area (Å²) >= 11 is 0. The molecule has 0 aromatic carbocycles. The van der Waals surface area contributed by atoms with E-state index in [1.165, 1.54) is 19.3 Å². The van der Waals surface area contributed by atoms with Crippen molar-refractivity contribution in [2.75, 3.05) is 13.2 Å². The molecule has 2 unspecified atom stereocenters. The maximum atomic E-state index is 11.4. The number of hydrogen-bond acceptors (Lipinski definition) is 3. The molecule has 0 aromatic heterocycles. The standard InChI is InChI=1S/C17H28O3/c1-15(2)16(18,13-14-7-4-3-5-8-14)9-6-10-17(15)19-11-12-20-17/h4,7,14,18H,3,5-6,8-13H2,1-2H3. The summed E-state index contributed by atoms with van der Waals surface area (Å²) in [6.45, 7) is 5.57. The number of ether oxygens (including phenoxy) is 2. The van der Waals surface area contributed by atoms with Crippen LogP contribution in [0.3, 0.4) is 0 Å². The summed E-state index contributed by atoms with van der Waals surface area (Å²) in [6, 6.07) is 0. The van der Waals surface area contributed by atoms with Crippen molar-refractivity contribution >= 4 is 0 Å². The lowest BCUT2D eigenvalue weighted by Crippen LogP contribution is -2.62. The first-order valence-corrected chi connectivity index (χ1v) is 8.16. The minimum Gasteiger partial charge on any atom is -0.389 e. The zero-order chi connectivity index (χ0) is 14.3. The highest BCUT2D eigenvalue weighted by Crippen LogP contribution is 2.56. The Bertz CT molecular complexity index is 382. The van der Waals surface area contributed by atoms with Gasteiger partial charge in [-0.25, -0.2) is 0 Å². The predicted octanol–water partition coefficient (Wildman–Crippen LogP) is 3.42. The molecule has 0 amide bonds. The lowest BCUT2D eigenvalue weighted by atomic mass is 9.58. The van der Waals surface area contributed by atoms with Crippen LogP contribution in [0.4, 0.5) is 0 Å². The van der Waals surface area contributed by atoms with Crippen molar-refractivity contribution in [3.05, 3.63) is 12.2 Å². The molecule has 20 heavy (non-hydrogen) atoms. The Morgan fingerprint density at radius 2 is 1.90 bits per heavy atom. The Labute approximate surface area is 122 Å². The lowest BCUT2D eigenvalue weighted by Gasteiger charge is -2.56. The maximum Gasteiger partial charge on any atom is 0.176 e. The molecule has 2 fully saturated rings. The van der Waals surface area contributed by atoms with E-state index in [4.69, 9.17) is 9.47 Å². The zero-order valence-electron chi connectivity index (χ0n) is 12.9. The SMILES string of the molecule is CC1(C)C(O)(CC2C=CCCC2)CCCC12OCCO2. The Morgan fingerprint density at radius 3 is 2.55 bits per heavy atom. The van der Waals surface area contributed by atoms with Gasteiger partial charge in [-0.05, 0) is 44.4 Å². The Kier molecular flexibility index (Phi) is 3.72. The summed E-state index contributed by atoms with van der Waals surface area (Å²) in [4.78, 5) is 0. The Hall–Kier alpha value is -0.380. The van der Waals surface area contributed by atoms with Gasteiger partial charge in [0.05, 0.1) is 18.8 Å². The third-order valence-corrected chi connectivity index (χ3v) is 5.92. The molecule has 1 aliphatic heterocycles. The van der Waals surface area contributed by atoms with Gasteiger partial charge in [-0.1, -0.05) is 26.0 Å². The molecule has 3 nitrogen and oxygen atoms in total. The molecular formula is C17H28O3. The minimum atomic E-state index is -0.693. The van der Waals surface area contributed by atoms with Crippen LogP contribution in [0.15, 0.2) is 12.2 Å². The highest BCUT2D eigenvalue weighted by molar-refractivity contribution is 5.09. The zero-order valence-corrected chi connectivity index (χ0v) is 12.9. The molecule has 3 rings (SSSR count). The van der Waals surface area contributed by atoms with Gasteiger partial charge in [0.1, 0.15) is 0 Å². The normalized spacial score (nSPS) is 39.2. The van der Waals surface area contributed by atoms with Crippen molar-refractivity contribution in [2.24, 2.45) is 11.3 Å². The van der Waals surface area contributed by atoms with Gasteiger partial charge in [-0.15, -0.1) is 0 Å². The van der Waals surface area contributed by atoms with E-state index in [0.29, 0.717) is 19.1 Å². The highest BCUT2D eigenvalue weighted by atomic mass is 16.7. The van der Waals surface area contributed by atoms with Crippen LogP contribution in [0.2, 0.25) is 0 Å². The van der Waals surface area contributed by atoms with Crippen LogP contribution in [0.5, 0.6) is 0 Å². The molecule has 2 aliphatic carbocycles. The van der Waals surface area contributed by atoms with E-state index in [0.717, 1.165) is 25.7 Å². The van der Waals surface area contributed by atoms with E-state index in [1.54, 1.807) is 0 Å². The summed E-state index contributed by atoms with van der Waals surface area (Å²) < 4.78 is 12.0. The first-order chi connectivity index (χ1) is 9.49. The van der Waals surface area contributed by atoms with E-state index >= 15 is 0 Å². The van der Waals surface area contributed by atoms with E-state index < -0.39 is 11.4 Å². The molecule has 0 bridgehead atoms. The van der Waals surface area contributed by atoms with Crippen LogP contribution in [0, 0.1) is 11.3 Å². The Balaban J connectivity index is 1.83. The molecule has 0 radical (unpaired) electrons. The second-order valence-corrected chi connectivity index (χ2v) is 7.28. The second kappa shape index (κ2) is 5.11.